The molecule has 2 saturated heterocycles. The van der Waals surface area contributed by atoms with Gasteiger partial charge in [0.05, 0.1) is 12.5 Å². The van der Waals surface area contributed by atoms with Crippen LogP contribution in [0.5, 0.6) is 0 Å². The number of esters is 1. The van der Waals surface area contributed by atoms with E-state index in [1.54, 1.807) is 11.8 Å². The molecular formula is C18H23N5O4. The second-order valence-electron chi connectivity index (χ2n) is 6.92. The number of amides is 1. The van der Waals surface area contributed by atoms with E-state index in [0.717, 1.165) is 25.9 Å². The predicted molar refractivity (Wildman–Crippen MR) is 96.3 cm³/mol. The van der Waals surface area contributed by atoms with Gasteiger partial charge >= 0.3 is 5.97 Å². The normalized spacial score (nSPS) is 18.3. The number of fused-ring (bicyclic) bond motifs is 1. The molecule has 0 spiro atoms. The van der Waals surface area contributed by atoms with Crippen LogP contribution in [-0.4, -0.2) is 64.7 Å². The van der Waals surface area contributed by atoms with Crippen molar-refractivity contribution in [3.63, 3.8) is 0 Å². The number of hydrogen-bond acceptors (Lipinski definition) is 8. The minimum absolute atomic E-state index is 0.147. The summed E-state index contributed by atoms with van der Waals surface area (Å²) in [4.78, 5) is 37.3. The van der Waals surface area contributed by atoms with Crippen LogP contribution < -0.4 is 4.90 Å². The highest BCUT2D eigenvalue weighted by Crippen LogP contribution is 2.30. The molecule has 0 aromatic carbocycles. The number of nitrogens with zero attached hydrogens (tertiary/aromatic N) is 5. The van der Waals surface area contributed by atoms with Crippen LogP contribution in [-0.2, 0) is 9.53 Å². The average Bonchev–Trinajstić information content (AvgIpc) is 3.37. The molecule has 2 aliphatic heterocycles. The zero-order chi connectivity index (χ0) is 18.8. The van der Waals surface area contributed by atoms with E-state index in [-0.39, 0.29) is 23.5 Å². The maximum atomic E-state index is 13.1. The van der Waals surface area contributed by atoms with E-state index in [9.17, 15) is 9.59 Å². The number of rotatable bonds is 4. The van der Waals surface area contributed by atoms with Crippen molar-refractivity contribution in [2.75, 3.05) is 37.7 Å². The first-order valence-corrected chi connectivity index (χ1v) is 9.50. The fourth-order valence-electron chi connectivity index (χ4n) is 3.81. The minimum Gasteiger partial charge on any atom is -0.466 e. The van der Waals surface area contributed by atoms with Gasteiger partial charge in [0, 0.05) is 26.2 Å². The average molecular weight is 373 g/mol. The third-order valence-corrected chi connectivity index (χ3v) is 5.26. The van der Waals surface area contributed by atoms with E-state index in [0.29, 0.717) is 49.5 Å². The number of aromatic nitrogens is 3. The molecule has 0 unspecified atom stereocenters. The van der Waals surface area contributed by atoms with Gasteiger partial charge in [-0.3, -0.25) is 9.59 Å². The summed E-state index contributed by atoms with van der Waals surface area (Å²) in [6.07, 6.45) is 4.83. The molecule has 0 saturated carbocycles. The van der Waals surface area contributed by atoms with Crippen molar-refractivity contribution in [3.05, 3.63) is 12.0 Å². The van der Waals surface area contributed by atoms with E-state index < -0.39 is 0 Å². The van der Waals surface area contributed by atoms with E-state index in [1.807, 2.05) is 0 Å². The molecule has 0 bridgehead atoms. The van der Waals surface area contributed by atoms with Crippen molar-refractivity contribution in [2.24, 2.45) is 5.92 Å². The lowest BCUT2D eigenvalue weighted by atomic mass is 9.96. The molecule has 4 rings (SSSR count). The number of likely N-dealkylation sites (tertiary alicyclic amines) is 1. The maximum Gasteiger partial charge on any atom is 0.309 e. The summed E-state index contributed by atoms with van der Waals surface area (Å²) in [6.45, 7) is 4.95. The Morgan fingerprint density at radius 2 is 1.93 bits per heavy atom. The first-order valence-electron chi connectivity index (χ1n) is 9.50. The van der Waals surface area contributed by atoms with E-state index in [4.69, 9.17) is 9.26 Å². The highest BCUT2D eigenvalue weighted by atomic mass is 16.5. The molecule has 9 heteroatoms. The number of hydrogen-bond donors (Lipinski definition) is 0. The second-order valence-corrected chi connectivity index (χ2v) is 6.92. The molecule has 2 aliphatic rings. The number of piperidine rings is 1. The van der Waals surface area contributed by atoms with Crippen LogP contribution in [0.4, 0.5) is 5.82 Å². The molecular weight excluding hydrogens is 350 g/mol. The molecule has 2 aromatic heterocycles. The van der Waals surface area contributed by atoms with E-state index in [1.165, 1.54) is 6.33 Å². The van der Waals surface area contributed by atoms with Gasteiger partial charge < -0.3 is 19.1 Å². The van der Waals surface area contributed by atoms with Crippen LogP contribution in [0.25, 0.3) is 11.1 Å². The van der Waals surface area contributed by atoms with Crippen LogP contribution in [0.3, 0.4) is 0 Å². The number of ether oxygens (including phenoxy) is 1. The summed E-state index contributed by atoms with van der Waals surface area (Å²) in [5.74, 6) is 0.183. The summed E-state index contributed by atoms with van der Waals surface area (Å²) in [7, 11) is 0. The predicted octanol–water partition coefficient (Wildman–Crippen LogP) is 1.63. The van der Waals surface area contributed by atoms with Crippen LogP contribution in [0.1, 0.15) is 43.1 Å². The number of anilines is 1. The molecule has 1 amide bonds. The SMILES string of the molecule is CCOC(=O)C1CCN(C(=O)c2noc3ncnc(N4CCCC4)c23)CC1. The number of carbonyl (C=O) groups excluding carboxylic acids is 2. The largest absolute Gasteiger partial charge is 0.466 e. The van der Waals surface area contributed by atoms with Gasteiger partial charge in [-0.2, -0.15) is 4.98 Å². The highest BCUT2D eigenvalue weighted by molar-refractivity contribution is 6.07. The van der Waals surface area contributed by atoms with Crippen molar-refractivity contribution in [1.82, 2.24) is 20.0 Å². The van der Waals surface area contributed by atoms with Crippen molar-refractivity contribution in [3.8, 4) is 0 Å². The Balaban J connectivity index is 1.54. The monoisotopic (exact) mass is 373 g/mol. The molecule has 0 radical (unpaired) electrons. The lowest BCUT2D eigenvalue weighted by Gasteiger charge is -2.30. The van der Waals surface area contributed by atoms with E-state index >= 15 is 0 Å². The zero-order valence-electron chi connectivity index (χ0n) is 15.4. The fourth-order valence-corrected chi connectivity index (χ4v) is 3.81. The third-order valence-electron chi connectivity index (χ3n) is 5.26. The lowest BCUT2D eigenvalue weighted by molar-refractivity contribution is -0.149. The highest BCUT2D eigenvalue weighted by Gasteiger charge is 2.32. The molecule has 0 atom stereocenters. The van der Waals surface area contributed by atoms with Gasteiger partial charge in [-0.05, 0) is 32.6 Å². The summed E-state index contributed by atoms with van der Waals surface area (Å²) < 4.78 is 10.4. The van der Waals surface area contributed by atoms with Gasteiger partial charge in [-0.1, -0.05) is 5.16 Å². The van der Waals surface area contributed by atoms with Crippen molar-refractivity contribution < 1.29 is 18.8 Å². The van der Waals surface area contributed by atoms with Gasteiger partial charge in [0.2, 0.25) is 0 Å². The van der Waals surface area contributed by atoms with Gasteiger partial charge in [0.1, 0.15) is 17.5 Å². The summed E-state index contributed by atoms with van der Waals surface area (Å²) in [6, 6.07) is 0. The van der Waals surface area contributed by atoms with Gasteiger partial charge in [0.15, 0.2) is 5.69 Å². The molecule has 0 aliphatic carbocycles. The van der Waals surface area contributed by atoms with Gasteiger partial charge in [0.25, 0.3) is 11.6 Å². The standard InChI is InChI=1S/C18H23N5O4/c1-2-26-18(25)12-5-9-23(10-6-12)17(24)14-13-15(22-7-3-4-8-22)19-11-20-16(13)27-21-14/h11-12H,2-10H2,1H3. The van der Waals surface area contributed by atoms with Crippen molar-refractivity contribution in [1.29, 1.82) is 0 Å². The van der Waals surface area contributed by atoms with Crippen LogP contribution in [0, 0.1) is 5.92 Å². The molecule has 27 heavy (non-hydrogen) atoms. The lowest BCUT2D eigenvalue weighted by Crippen LogP contribution is -2.41. The van der Waals surface area contributed by atoms with Crippen LogP contribution in [0.15, 0.2) is 10.9 Å². The second kappa shape index (κ2) is 7.50. The molecule has 2 aromatic rings. The Bertz CT molecular complexity index is 837. The zero-order valence-corrected chi connectivity index (χ0v) is 15.4. The van der Waals surface area contributed by atoms with E-state index in [2.05, 4.69) is 20.0 Å². The first kappa shape index (κ1) is 17.7. The Morgan fingerprint density at radius 1 is 1.19 bits per heavy atom. The molecule has 9 nitrogen and oxygen atoms in total. The topological polar surface area (TPSA) is 102 Å². The van der Waals surface area contributed by atoms with Gasteiger partial charge in [-0.25, -0.2) is 4.98 Å². The Labute approximate surface area is 156 Å². The third kappa shape index (κ3) is 3.33. The molecule has 2 fully saturated rings. The summed E-state index contributed by atoms with van der Waals surface area (Å²) in [5.41, 5.74) is 0.582. The quantitative estimate of drug-likeness (QED) is 0.745. The van der Waals surface area contributed by atoms with Crippen molar-refractivity contribution >= 4 is 28.8 Å². The van der Waals surface area contributed by atoms with Crippen molar-refractivity contribution in [2.45, 2.75) is 32.6 Å². The smallest absolute Gasteiger partial charge is 0.309 e. The molecule has 0 N–H and O–H groups in total. The van der Waals surface area contributed by atoms with Gasteiger partial charge in [-0.15, -0.1) is 0 Å². The first-order chi connectivity index (χ1) is 13.2. The Kier molecular flexibility index (Phi) is 4.91. The maximum absolute atomic E-state index is 13.1. The Morgan fingerprint density at radius 3 is 2.63 bits per heavy atom. The minimum atomic E-state index is -0.202. The summed E-state index contributed by atoms with van der Waals surface area (Å²) >= 11 is 0. The van der Waals surface area contributed by atoms with Crippen LogP contribution in [0.2, 0.25) is 0 Å². The Hall–Kier alpha value is -2.71. The summed E-state index contributed by atoms with van der Waals surface area (Å²) in [5, 5.41) is 4.58. The fraction of sp³-hybridized carbons (Fsp3) is 0.611. The number of carbonyl (C=O) groups is 2. The molecule has 144 valence electrons. The van der Waals surface area contributed by atoms with Crippen LogP contribution >= 0.6 is 0 Å². The molecule has 4 heterocycles.